The number of carbonyl (C=O) groups excluding carboxylic acids is 1. The van der Waals surface area contributed by atoms with E-state index in [0.717, 1.165) is 5.69 Å². The molecule has 0 bridgehead atoms. The Labute approximate surface area is 202 Å². The summed E-state index contributed by atoms with van der Waals surface area (Å²) < 4.78 is 26.2. The van der Waals surface area contributed by atoms with Crippen LogP contribution >= 0.6 is 0 Å². The van der Waals surface area contributed by atoms with E-state index in [1.807, 2.05) is 6.07 Å². The number of piperidine rings is 1. The number of aromatic nitrogens is 4. The number of benzene rings is 2. The number of aliphatic hydroxyl groups is 1. The van der Waals surface area contributed by atoms with E-state index in [0.29, 0.717) is 54.5 Å². The van der Waals surface area contributed by atoms with Gasteiger partial charge in [-0.3, -0.25) is 19.9 Å². The third-order valence-corrected chi connectivity index (χ3v) is 8.13. The summed E-state index contributed by atoms with van der Waals surface area (Å²) in [6.07, 6.45) is 6.07. The van der Waals surface area contributed by atoms with Gasteiger partial charge in [0.25, 0.3) is 5.91 Å². The fourth-order valence-electron chi connectivity index (χ4n) is 4.48. The molecule has 0 spiro atoms. The molecule has 10 heteroatoms. The highest BCUT2D eigenvalue weighted by molar-refractivity contribution is 7.90. The number of carbonyl (C=O) groups is 1. The second-order valence-electron chi connectivity index (χ2n) is 8.91. The normalized spacial score (nSPS) is 15.9. The Morgan fingerprint density at radius 3 is 2.46 bits per heavy atom. The number of hydrogen-bond acceptors (Lipinski definition) is 7. The molecule has 1 saturated heterocycles. The van der Waals surface area contributed by atoms with Crippen molar-refractivity contribution in [2.24, 2.45) is 0 Å². The fourth-order valence-corrected chi connectivity index (χ4v) is 6.01. The van der Waals surface area contributed by atoms with E-state index < -0.39 is 15.4 Å². The lowest BCUT2D eigenvalue weighted by molar-refractivity contribution is -0.0168. The third kappa shape index (κ3) is 4.94. The number of H-pyrrole nitrogens is 1. The molecule has 180 valence electrons. The second kappa shape index (κ2) is 9.20. The first-order valence-electron chi connectivity index (χ1n) is 11.3. The lowest BCUT2D eigenvalue weighted by Gasteiger charge is -2.38. The first-order valence-corrected chi connectivity index (χ1v) is 13.0. The number of nitrogens with one attached hydrogen (secondary N) is 1. The van der Waals surface area contributed by atoms with Crippen molar-refractivity contribution < 1.29 is 18.3 Å². The molecule has 0 atom stereocenters. The van der Waals surface area contributed by atoms with E-state index in [1.165, 1.54) is 18.5 Å². The van der Waals surface area contributed by atoms with Crippen molar-refractivity contribution >= 4 is 26.8 Å². The van der Waals surface area contributed by atoms with E-state index in [1.54, 1.807) is 47.5 Å². The molecule has 2 aromatic heterocycles. The van der Waals surface area contributed by atoms with Crippen molar-refractivity contribution in [3.63, 3.8) is 0 Å². The monoisotopic (exact) mass is 491 g/mol. The lowest BCUT2D eigenvalue weighted by Crippen LogP contribution is -2.47. The summed E-state index contributed by atoms with van der Waals surface area (Å²) in [5.74, 6) is -0.339. The second-order valence-corrected chi connectivity index (χ2v) is 10.9. The average Bonchev–Trinajstić information content (AvgIpc) is 3.36. The maximum Gasteiger partial charge on any atom is 0.253 e. The fraction of sp³-hybridized carbons (Fsp3) is 0.280. The van der Waals surface area contributed by atoms with Gasteiger partial charge < -0.3 is 10.0 Å². The molecular formula is C25H25N5O4S. The minimum atomic E-state index is -3.66. The van der Waals surface area contributed by atoms with E-state index in [2.05, 4.69) is 20.2 Å². The molecule has 0 unspecified atom stereocenters. The summed E-state index contributed by atoms with van der Waals surface area (Å²) in [6.45, 7) is 0.892. The van der Waals surface area contributed by atoms with E-state index >= 15 is 0 Å². The summed E-state index contributed by atoms with van der Waals surface area (Å²) in [6, 6.07) is 13.4. The van der Waals surface area contributed by atoms with Crippen LogP contribution in [0.2, 0.25) is 0 Å². The van der Waals surface area contributed by atoms with Gasteiger partial charge in [0, 0.05) is 49.4 Å². The number of fused-ring (bicyclic) bond motifs is 1. The van der Waals surface area contributed by atoms with Crippen molar-refractivity contribution in [1.29, 1.82) is 0 Å². The van der Waals surface area contributed by atoms with Crippen LogP contribution in [0.1, 0.15) is 34.5 Å². The van der Waals surface area contributed by atoms with Crippen LogP contribution < -0.4 is 0 Å². The number of para-hydroxylation sites is 1. The molecule has 1 amide bonds. The molecule has 0 radical (unpaired) electrons. The van der Waals surface area contributed by atoms with Gasteiger partial charge in [0.1, 0.15) is 5.52 Å². The number of rotatable bonds is 6. The number of nitrogens with zero attached hydrogens (tertiary/aromatic N) is 4. The molecule has 0 aliphatic carbocycles. The van der Waals surface area contributed by atoms with Gasteiger partial charge in [-0.1, -0.05) is 18.2 Å². The molecule has 1 aliphatic heterocycles. The zero-order chi connectivity index (χ0) is 24.5. The van der Waals surface area contributed by atoms with E-state index in [-0.39, 0.29) is 16.6 Å². The molecule has 35 heavy (non-hydrogen) atoms. The van der Waals surface area contributed by atoms with Gasteiger partial charge in [-0.2, -0.15) is 5.10 Å². The van der Waals surface area contributed by atoms with Crippen molar-refractivity contribution in [2.45, 2.75) is 35.5 Å². The van der Waals surface area contributed by atoms with Crippen LogP contribution in [0.25, 0.3) is 11.0 Å². The molecular weight excluding hydrogens is 466 g/mol. The number of amides is 1. The number of likely N-dealkylation sites (tertiary alicyclic amines) is 1. The Kier molecular flexibility index (Phi) is 6.08. The molecule has 4 aromatic rings. The number of aromatic amines is 1. The predicted molar refractivity (Wildman–Crippen MR) is 129 cm³/mol. The van der Waals surface area contributed by atoms with Gasteiger partial charge in [0.15, 0.2) is 9.84 Å². The van der Waals surface area contributed by atoms with Crippen LogP contribution in [-0.2, 0) is 22.0 Å². The highest BCUT2D eigenvalue weighted by Crippen LogP contribution is 2.27. The summed E-state index contributed by atoms with van der Waals surface area (Å²) >= 11 is 0. The molecule has 1 fully saturated rings. The predicted octanol–water partition coefficient (Wildman–Crippen LogP) is 2.54. The van der Waals surface area contributed by atoms with E-state index in [4.69, 9.17) is 0 Å². The van der Waals surface area contributed by atoms with E-state index in [9.17, 15) is 18.3 Å². The van der Waals surface area contributed by atoms with Gasteiger partial charge in [-0.25, -0.2) is 8.42 Å². The first kappa shape index (κ1) is 23.1. The van der Waals surface area contributed by atoms with Crippen LogP contribution in [0.15, 0.2) is 72.0 Å². The van der Waals surface area contributed by atoms with Crippen LogP contribution in [-0.4, -0.2) is 63.2 Å². The highest BCUT2D eigenvalue weighted by Gasteiger charge is 2.34. The SMILES string of the molecule is O=C(c1ccc(CS(=O)(=O)c2cccc3nccnc23)cc1)N1CCC(O)(Cc2ccn[nH]2)CC1. The molecule has 2 aromatic carbocycles. The Morgan fingerprint density at radius 1 is 1.00 bits per heavy atom. The van der Waals surface area contributed by atoms with Gasteiger partial charge in [-0.15, -0.1) is 0 Å². The topological polar surface area (TPSA) is 129 Å². The van der Waals surface area contributed by atoms with Crippen molar-refractivity contribution in [3.05, 3.63) is 83.9 Å². The number of sulfone groups is 1. The zero-order valence-corrected chi connectivity index (χ0v) is 19.8. The summed E-state index contributed by atoms with van der Waals surface area (Å²) in [5, 5.41) is 17.7. The first-order chi connectivity index (χ1) is 16.8. The molecule has 9 nitrogen and oxygen atoms in total. The molecule has 3 heterocycles. The smallest absolute Gasteiger partial charge is 0.253 e. The largest absolute Gasteiger partial charge is 0.389 e. The Morgan fingerprint density at radius 2 is 1.74 bits per heavy atom. The molecule has 5 rings (SSSR count). The summed E-state index contributed by atoms with van der Waals surface area (Å²) in [5.41, 5.74) is 1.93. The van der Waals surface area contributed by atoms with Gasteiger partial charge in [0.2, 0.25) is 0 Å². The maximum absolute atomic E-state index is 13.1. The zero-order valence-electron chi connectivity index (χ0n) is 19.0. The van der Waals surface area contributed by atoms with Gasteiger partial charge in [-0.05, 0) is 48.7 Å². The Balaban J connectivity index is 1.25. The van der Waals surface area contributed by atoms with Crippen molar-refractivity contribution in [2.75, 3.05) is 13.1 Å². The summed E-state index contributed by atoms with van der Waals surface area (Å²) in [4.78, 5) is 23.2. The van der Waals surface area contributed by atoms with Crippen molar-refractivity contribution in [1.82, 2.24) is 25.1 Å². The van der Waals surface area contributed by atoms with Gasteiger partial charge >= 0.3 is 0 Å². The lowest BCUT2D eigenvalue weighted by atomic mass is 9.87. The van der Waals surface area contributed by atoms with Crippen molar-refractivity contribution in [3.8, 4) is 0 Å². The van der Waals surface area contributed by atoms with Crippen LogP contribution in [0.3, 0.4) is 0 Å². The molecule has 2 N–H and O–H groups in total. The third-order valence-electron chi connectivity index (χ3n) is 6.41. The molecule has 1 aliphatic rings. The quantitative estimate of drug-likeness (QED) is 0.424. The average molecular weight is 492 g/mol. The standard InChI is InChI=1S/C25H25N5O4S/c31-24(30-14-9-25(32,10-15-30)16-20-8-11-28-29-20)19-6-4-18(5-7-19)17-35(33,34)22-3-1-2-21-23(22)27-13-12-26-21/h1-8,11-13,32H,9-10,14-17H2,(H,28,29). The Hall–Kier alpha value is -3.63. The Bertz CT molecular complexity index is 1440. The van der Waals surface area contributed by atoms with Crippen LogP contribution in [0, 0.1) is 0 Å². The minimum Gasteiger partial charge on any atom is -0.389 e. The van der Waals surface area contributed by atoms with Crippen LogP contribution in [0.5, 0.6) is 0 Å². The summed E-state index contributed by atoms with van der Waals surface area (Å²) in [7, 11) is -3.66. The number of hydrogen-bond donors (Lipinski definition) is 2. The molecule has 0 saturated carbocycles. The van der Waals surface area contributed by atoms with Gasteiger partial charge in [0.05, 0.1) is 21.8 Å². The highest BCUT2D eigenvalue weighted by atomic mass is 32.2. The van der Waals surface area contributed by atoms with Crippen LogP contribution in [0.4, 0.5) is 0 Å². The minimum absolute atomic E-state index is 0.132. The maximum atomic E-state index is 13.1.